The zero-order valence-electron chi connectivity index (χ0n) is 14.9. The maximum atomic E-state index is 12.0. The largest absolute Gasteiger partial charge is 0.493 e. The minimum atomic E-state index is -0.937. The number of aliphatic carboxylic acids is 1. The molecule has 1 atom stereocenters. The fraction of sp³-hybridized carbons (Fsp3) is 0.300. The molecule has 1 aliphatic heterocycles. The summed E-state index contributed by atoms with van der Waals surface area (Å²) in [6, 6.07) is 12.8. The molecule has 1 saturated heterocycles. The Bertz CT molecular complexity index is 837. The molecular formula is C20H20ClNO5. The average molecular weight is 390 g/mol. The van der Waals surface area contributed by atoms with Crippen molar-refractivity contribution in [1.82, 2.24) is 4.90 Å². The number of halogens is 1. The molecule has 0 spiro atoms. The lowest BCUT2D eigenvalue weighted by Gasteiger charge is -2.18. The van der Waals surface area contributed by atoms with Gasteiger partial charge in [-0.15, -0.1) is 0 Å². The van der Waals surface area contributed by atoms with Gasteiger partial charge in [0.15, 0.2) is 11.5 Å². The summed E-state index contributed by atoms with van der Waals surface area (Å²) in [5.74, 6) is -0.582. The maximum absolute atomic E-state index is 12.0. The Morgan fingerprint density at radius 2 is 1.89 bits per heavy atom. The highest BCUT2D eigenvalue weighted by molar-refractivity contribution is 6.30. The lowest BCUT2D eigenvalue weighted by atomic mass is 10.1. The molecule has 0 bridgehead atoms. The Labute approximate surface area is 162 Å². The van der Waals surface area contributed by atoms with Crippen molar-refractivity contribution in [3.05, 3.63) is 58.6 Å². The average Bonchev–Trinajstić information content (AvgIpc) is 3.02. The third-order valence-electron chi connectivity index (χ3n) is 4.47. The molecular weight excluding hydrogens is 370 g/mol. The number of carbonyl (C=O) groups is 2. The minimum absolute atomic E-state index is 0.0470. The predicted molar refractivity (Wildman–Crippen MR) is 99.9 cm³/mol. The number of ether oxygens (including phenoxy) is 2. The normalized spacial score (nSPS) is 16.4. The van der Waals surface area contributed by atoms with Crippen LogP contribution in [0.1, 0.15) is 17.5 Å². The topological polar surface area (TPSA) is 76.1 Å². The summed E-state index contributed by atoms with van der Waals surface area (Å²) in [5, 5.41) is 9.76. The Hall–Kier alpha value is -2.73. The van der Waals surface area contributed by atoms with Crippen LogP contribution in [0, 0.1) is 5.92 Å². The van der Waals surface area contributed by atoms with Gasteiger partial charge in [0.05, 0.1) is 13.0 Å². The zero-order chi connectivity index (χ0) is 19.4. The van der Waals surface area contributed by atoms with Crippen LogP contribution in [-0.4, -0.2) is 35.5 Å². The predicted octanol–water partition coefficient (Wildman–Crippen LogP) is 3.36. The van der Waals surface area contributed by atoms with Crippen LogP contribution in [0.2, 0.25) is 5.02 Å². The van der Waals surface area contributed by atoms with Crippen molar-refractivity contribution < 1.29 is 24.2 Å². The quantitative estimate of drug-likeness (QED) is 0.785. The van der Waals surface area contributed by atoms with Gasteiger partial charge in [0, 0.05) is 24.5 Å². The smallest absolute Gasteiger partial charge is 0.308 e. The first-order chi connectivity index (χ1) is 13.0. The lowest BCUT2D eigenvalue weighted by molar-refractivity contribution is -0.141. The summed E-state index contributed by atoms with van der Waals surface area (Å²) in [5.41, 5.74) is 1.81. The number of carboxylic acids is 1. The van der Waals surface area contributed by atoms with Crippen LogP contribution in [0.4, 0.5) is 0 Å². The number of rotatable bonds is 7. The van der Waals surface area contributed by atoms with E-state index in [1.54, 1.807) is 30.2 Å². The molecule has 1 heterocycles. The molecule has 1 unspecified atom stereocenters. The maximum Gasteiger partial charge on any atom is 0.308 e. The Kier molecular flexibility index (Phi) is 5.86. The van der Waals surface area contributed by atoms with Gasteiger partial charge in [0.2, 0.25) is 5.91 Å². The van der Waals surface area contributed by atoms with E-state index in [-0.39, 0.29) is 18.9 Å². The number of hydrogen-bond acceptors (Lipinski definition) is 4. The number of carboxylic acid groups (broad SMARTS) is 1. The number of likely N-dealkylation sites (tertiary alicyclic amines) is 1. The van der Waals surface area contributed by atoms with Crippen molar-refractivity contribution in [3.63, 3.8) is 0 Å². The van der Waals surface area contributed by atoms with Crippen molar-refractivity contribution in [2.75, 3.05) is 13.7 Å². The first-order valence-corrected chi connectivity index (χ1v) is 8.89. The SMILES string of the molecule is COc1ccc(CN2CC(C(=O)O)CC2=O)cc1OCc1ccc(Cl)cc1. The van der Waals surface area contributed by atoms with Crippen LogP contribution in [0.5, 0.6) is 11.5 Å². The molecule has 0 aromatic heterocycles. The van der Waals surface area contributed by atoms with E-state index in [1.165, 1.54) is 0 Å². The molecule has 6 nitrogen and oxygen atoms in total. The third kappa shape index (κ3) is 4.71. The molecule has 1 amide bonds. The molecule has 27 heavy (non-hydrogen) atoms. The number of methoxy groups -OCH3 is 1. The van der Waals surface area contributed by atoms with Crippen LogP contribution < -0.4 is 9.47 Å². The summed E-state index contributed by atoms with van der Waals surface area (Å²) >= 11 is 5.89. The number of benzene rings is 2. The summed E-state index contributed by atoms with van der Waals surface area (Å²) in [6.07, 6.45) is 0.0470. The van der Waals surface area contributed by atoms with Gasteiger partial charge in [-0.25, -0.2) is 0 Å². The van der Waals surface area contributed by atoms with Gasteiger partial charge in [-0.1, -0.05) is 29.8 Å². The van der Waals surface area contributed by atoms with Crippen LogP contribution in [0.25, 0.3) is 0 Å². The van der Waals surface area contributed by atoms with E-state index >= 15 is 0 Å². The summed E-state index contributed by atoms with van der Waals surface area (Å²) < 4.78 is 11.2. The standard InChI is InChI=1S/C20H20ClNO5/c1-26-17-7-4-14(10-22-11-15(20(24)25)9-19(22)23)8-18(17)27-12-13-2-5-16(21)6-3-13/h2-8,15H,9-12H2,1H3,(H,24,25). The van der Waals surface area contributed by atoms with Crippen LogP contribution >= 0.6 is 11.6 Å². The van der Waals surface area contributed by atoms with E-state index in [2.05, 4.69) is 0 Å². The second-order valence-electron chi connectivity index (χ2n) is 6.41. The van der Waals surface area contributed by atoms with Crippen molar-refractivity contribution in [1.29, 1.82) is 0 Å². The van der Waals surface area contributed by atoms with Crippen LogP contribution in [0.3, 0.4) is 0 Å². The van der Waals surface area contributed by atoms with Gasteiger partial charge in [0.25, 0.3) is 0 Å². The highest BCUT2D eigenvalue weighted by Gasteiger charge is 2.34. The first-order valence-electron chi connectivity index (χ1n) is 8.51. The van der Waals surface area contributed by atoms with E-state index < -0.39 is 11.9 Å². The number of amides is 1. The molecule has 0 saturated carbocycles. The molecule has 0 aliphatic carbocycles. The highest BCUT2D eigenvalue weighted by Crippen LogP contribution is 2.30. The number of carbonyl (C=O) groups excluding carboxylic acids is 1. The van der Waals surface area contributed by atoms with E-state index in [4.69, 9.17) is 26.2 Å². The Balaban J connectivity index is 1.70. The Morgan fingerprint density at radius 3 is 2.52 bits per heavy atom. The summed E-state index contributed by atoms with van der Waals surface area (Å²) in [7, 11) is 1.56. The molecule has 2 aromatic rings. The second kappa shape index (κ2) is 8.31. The summed E-state index contributed by atoms with van der Waals surface area (Å²) in [6.45, 7) is 0.909. The van der Waals surface area contributed by atoms with Crippen LogP contribution in [-0.2, 0) is 22.7 Å². The van der Waals surface area contributed by atoms with E-state index in [0.717, 1.165) is 11.1 Å². The molecule has 1 fully saturated rings. The molecule has 1 aliphatic rings. The van der Waals surface area contributed by atoms with Gasteiger partial charge < -0.3 is 19.5 Å². The van der Waals surface area contributed by atoms with Gasteiger partial charge in [-0.2, -0.15) is 0 Å². The fourth-order valence-electron chi connectivity index (χ4n) is 2.98. The highest BCUT2D eigenvalue weighted by atomic mass is 35.5. The lowest BCUT2D eigenvalue weighted by Crippen LogP contribution is -2.25. The Morgan fingerprint density at radius 1 is 1.19 bits per heavy atom. The molecule has 7 heteroatoms. The summed E-state index contributed by atoms with van der Waals surface area (Å²) in [4.78, 5) is 24.7. The minimum Gasteiger partial charge on any atom is -0.493 e. The van der Waals surface area contributed by atoms with Crippen molar-refractivity contribution in [3.8, 4) is 11.5 Å². The zero-order valence-corrected chi connectivity index (χ0v) is 15.6. The second-order valence-corrected chi connectivity index (χ2v) is 6.85. The van der Waals surface area contributed by atoms with E-state index in [0.29, 0.717) is 29.7 Å². The number of hydrogen-bond donors (Lipinski definition) is 1. The van der Waals surface area contributed by atoms with Gasteiger partial charge in [-0.3, -0.25) is 9.59 Å². The molecule has 142 valence electrons. The van der Waals surface area contributed by atoms with E-state index in [1.807, 2.05) is 24.3 Å². The van der Waals surface area contributed by atoms with Crippen molar-refractivity contribution >= 4 is 23.5 Å². The van der Waals surface area contributed by atoms with Crippen molar-refractivity contribution in [2.45, 2.75) is 19.6 Å². The fourth-order valence-corrected chi connectivity index (χ4v) is 3.11. The third-order valence-corrected chi connectivity index (χ3v) is 4.72. The molecule has 2 aromatic carbocycles. The monoisotopic (exact) mass is 389 g/mol. The molecule has 3 rings (SSSR count). The molecule has 0 radical (unpaired) electrons. The van der Waals surface area contributed by atoms with Gasteiger partial charge >= 0.3 is 5.97 Å². The number of nitrogens with zero attached hydrogens (tertiary/aromatic N) is 1. The van der Waals surface area contributed by atoms with Gasteiger partial charge in [0.1, 0.15) is 6.61 Å². The van der Waals surface area contributed by atoms with Gasteiger partial charge in [-0.05, 0) is 35.4 Å². The molecule has 1 N–H and O–H groups in total. The van der Waals surface area contributed by atoms with Crippen LogP contribution in [0.15, 0.2) is 42.5 Å². The van der Waals surface area contributed by atoms with Crippen molar-refractivity contribution in [2.24, 2.45) is 5.92 Å². The first kappa shape index (κ1) is 19.0. The van der Waals surface area contributed by atoms with E-state index in [9.17, 15) is 9.59 Å².